The Labute approximate surface area is 113 Å². The summed E-state index contributed by atoms with van der Waals surface area (Å²) in [4.78, 5) is 37.5. The number of carboxylic acid groups (broad SMARTS) is 2. The topological polar surface area (TPSA) is 146 Å². The summed E-state index contributed by atoms with van der Waals surface area (Å²) in [5, 5.41) is 26.8. The number of aryl methyl sites for hydroxylation is 2. The zero-order chi connectivity index (χ0) is 15.3. The third-order valence-corrected chi connectivity index (χ3v) is 2.25. The van der Waals surface area contributed by atoms with Gasteiger partial charge in [0.25, 0.3) is 5.95 Å². The number of aliphatic carboxylic acids is 2. The van der Waals surface area contributed by atoms with Crippen LogP contribution in [0.2, 0.25) is 0 Å². The number of carbonyl (C=O) groups excluding carboxylic acids is 1. The van der Waals surface area contributed by atoms with Crippen molar-refractivity contribution >= 4 is 23.9 Å². The summed E-state index contributed by atoms with van der Waals surface area (Å²) in [6.07, 6.45) is 0. The highest BCUT2D eigenvalue weighted by atomic mass is 16.4. The highest BCUT2D eigenvalue weighted by Gasteiger charge is 2.20. The van der Waals surface area contributed by atoms with E-state index in [0.29, 0.717) is 16.3 Å². The van der Waals surface area contributed by atoms with E-state index in [9.17, 15) is 14.4 Å². The Hall–Kier alpha value is -2.78. The van der Waals surface area contributed by atoms with Crippen molar-refractivity contribution in [3.63, 3.8) is 0 Å². The van der Waals surface area contributed by atoms with Gasteiger partial charge in [-0.1, -0.05) is 0 Å². The first-order valence-electron chi connectivity index (χ1n) is 5.47. The van der Waals surface area contributed by atoms with E-state index >= 15 is 0 Å². The first-order chi connectivity index (χ1) is 9.29. The number of carboxylic acids is 2. The van der Waals surface area contributed by atoms with Crippen molar-refractivity contribution < 1.29 is 24.6 Å². The molecule has 0 spiro atoms. The van der Waals surface area contributed by atoms with Gasteiger partial charge in [-0.2, -0.15) is 5.10 Å². The fourth-order valence-electron chi connectivity index (χ4n) is 1.21. The van der Waals surface area contributed by atoms with E-state index < -0.39 is 31.1 Å². The van der Waals surface area contributed by atoms with Gasteiger partial charge in [-0.25, -0.2) is 9.78 Å². The molecular formula is C10H13N5O5. The van der Waals surface area contributed by atoms with Crippen molar-refractivity contribution in [3.05, 3.63) is 11.4 Å². The molecule has 0 radical (unpaired) electrons. The molecule has 0 saturated carbocycles. The van der Waals surface area contributed by atoms with Crippen LogP contribution in [0, 0.1) is 13.8 Å². The third kappa shape index (κ3) is 4.48. The average molecular weight is 283 g/mol. The van der Waals surface area contributed by atoms with E-state index in [0.717, 1.165) is 0 Å². The Balaban J connectivity index is 2.81. The Bertz CT molecular complexity index is 531. The Morgan fingerprint density at radius 3 is 2.05 bits per heavy atom. The summed E-state index contributed by atoms with van der Waals surface area (Å²) in [6.45, 7) is 1.83. The number of rotatable bonds is 5. The van der Waals surface area contributed by atoms with E-state index in [2.05, 4.69) is 20.5 Å². The van der Waals surface area contributed by atoms with Gasteiger partial charge >= 0.3 is 18.0 Å². The minimum atomic E-state index is -1.33. The Kier molecular flexibility index (Phi) is 4.89. The van der Waals surface area contributed by atoms with Crippen LogP contribution in [-0.4, -0.2) is 61.4 Å². The fourth-order valence-corrected chi connectivity index (χ4v) is 1.21. The molecule has 1 rings (SSSR count). The first-order valence-corrected chi connectivity index (χ1v) is 5.47. The lowest BCUT2D eigenvalue weighted by Crippen LogP contribution is -2.42. The Morgan fingerprint density at radius 2 is 1.60 bits per heavy atom. The van der Waals surface area contributed by atoms with Crippen LogP contribution in [0.1, 0.15) is 11.4 Å². The molecule has 1 aromatic heterocycles. The molecule has 10 heteroatoms. The lowest BCUT2D eigenvalue weighted by atomic mass is 10.4. The molecule has 1 aromatic rings. The van der Waals surface area contributed by atoms with E-state index in [1.165, 1.54) is 0 Å². The summed E-state index contributed by atoms with van der Waals surface area (Å²) < 4.78 is 0. The van der Waals surface area contributed by atoms with Gasteiger partial charge in [0.15, 0.2) is 0 Å². The highest BCUT2D eigenvalue weighted by molar-refractivity contribution is 5.91. The summed E-state index contributed by atoms with van der Waals surface area (Å²) in [7, 11) is 0. The van der Waals surface area contributed by atoms with Crippen molar-refractivity contribution in [2.24, 2.45) is 0 Å². The molecule has 2 amide bonds. The van der Waals surface area contributed by atoms with Crippen LogP contribution in [0.4, 0.5) is 10.7 Å². The van der Waals surface area contributed by atoms with Gasteiger partial charge in [0.1, 0.15) is 13.1 Å². The van der Waals surface area contributed by atoms with E-state index in [-0.39, 0.29) is 5.95 Å². The first kappa shape index (κ1) is 15.3. The van der Waals surface area contributed by atoms with Gasteiger partial charge in [-0.15, -0.1) is 5.10 Å². The summed E-state index contributed by atoms with van der Waals surface area (Å²) in [6, 6.07) is -0.931. The quantitative estimate of drug-likeness (QED) is 0.655. The summed E-state index contributed by atoms with van der Waals surface area (Å²) >= 11 is 0. The lowest BCUT2D eigenvalue weighted by Gasteiger charge is -2.18. The van der Waals surface area contributed by atoms with Crippen LogP contribution in [0.3, 0.4) is 0 Å². The predicted molar refractivity (Wildman–Crippen MR) is 65.2 cm³/mol. The van der Waals surface area contributed by atoms with Crippen molar-refractivity contribution in [2.75, 3.05) is 18.4 Å². The highest BCUT2D eigenvalue weighted by Crippen LogP contribution is 2.03. The predicted octanol–water partition coefficient (Wildman–Crippen LogP) is -0.508. The van der Waals surface area contributed by atoms with Crippen LogP contribution in [0.25, 0.3) is 0 Å². The molecule has 0 aliphatic heterocycles. The van der Waals surface area contributed by atoms with Crippen LogP contribution < -0.4 is 5.32 Å². The SMILES string of the molecule is Cc1nnc(NC(=O)N(CC(=O)O)CC(=O)O)nc1C. The molecule has 108 valence electrons. The fraction of sp³-hybridized carbons (Fsp3) is 0.400. The largest absolute Gasteiger partial charge is 0.480 e. The maximum atomic E-state index is 11.8. The molecule has 0 bridgehead atoms. The molecule has 0 unspecified atom stereocenters. The number of nitrogens with one attached hydrogen (secondary N) is 1. The zero-order valence-corrected chi connectivity index (χ0v) is 10.8. The lowest BCUT2D eigenvalue weighted by molar-refractivity contribution is -0.140. The van der Waals surface area contributed by atoms with Gasteiger partial charge in [0, 0.05) is 0 Å². The average Bonchev–Trinajstić information content (AvgIpc) is 2.32. The van der Waals surface area contributed by atoms with E-state index in [1.54, 1.807) is 13.8 Å². The maximum absolute atomic E-state index is 11.8. The van der Waals surface area contributed by atoms with Gasteiger partial charge in [0.05, 0.1) is 11.4 Å². The molecule has 0 fully saturated rings. The number of anilines is 1. The molecule has 10 nitrogen and oxygen atoms in total. The van der Waals surface area contributed by atoms with Gasteiger partial charge in [-0.05, 0) is 13.8 Å². The van der Waals surface area contributed by atoms with Crippen LogP contribution in [-0.2, 0) is 9.59 Å². The van der Waals surface area contributed by atoms with Crippen LogP contribution >= 0.6 is 0 Å². The second kappa shape index (κ2) is 6.41. The van der Waals surface area contributed by atoms with Crippen molar-refractivity contribution in [1.29, 1.82) is 0 Å². The molecule has 0 aromatic carbocycles. The minimum absolute atomic E-state index is 0.126. The van der Waals surface area contributed by atoms with E-state index in [4.69, 9.17) is 10.2 Å². The van der Waals surface area contributed by atoms with Crippen molar-refractivity contribution in [1.82, 2.24) is 20.1 Å². The monoisotopic (exact) mass is 283 g/mol. The summed E-state index contributed by atoms with van der Waals surface area (Å²) in [5.74, 6) is -2.79. The van der Waals surface area contributed by atoms with Gasteiger partial charge in [0.2, 0.25) is 0 Å². The molecule has 0 aliphatic rings. The van der Waals surface area contributed by atoms with Crippen LogP contribution in [0.5, 0.6) is 0 Å². The van der Waals surface area contributed by atoms with Gasteiger partial charge in [-0.3, -0.25) is 14.9 Å². The molecular weight excluding hydrogens is 270 g/mol. The number of carbonyl (C=O) groups is 3. The smallest absolute Gasteiger partial charge is 0.325 e. The molecule has 3 N–H and O–H groups in total. The van der Waals surface area contributed by atoms with E-state index in [1.807, 2.05) is 0 Å². The third-order valence-electron chi connectivity index (χ3n) is 2.25. The summed E-state index contributed by atoms with van der Waals surface area (Å²) in [5.41, 5.74) is 1.12. The number of hydrogen-bond acceptors (Lipinski definition) is 6. The van der Waals surface area contributed by atoms with Gasteiger partial charge < -0.3 is 15.1 Å². The molecule has 0 atom stereocenters. The van der Waals surface area contributed by atoms with Crippen LogP contribution in [0.15, 0.2) is 0 Å². The van der Waals surface area contributed by atoms with Crippen molar-refractivity contribution in [2.45, 2.75) is 13.8 Å². The molecule has 0 aliphatic carbocycles. The number of hydrogen-bond donors (Lipinski definition) is 3. The molecule has 20 heavy (non-hydrogen) atoms. The second-order valence-corrected chi connectivity index (χ2v) is 3.88. The number of urea groups is 1. The standard InChI is InChI=1S/C10H13N5O5/c1-5-6(2)13-14-9(11-5)12-10(20)15(3-7(16)17)4-8(18)19/h3-4H2,1-2H3,(H,16,17)(H,18,19)(H,11,12,14,20). The number of aromatic nitrogens is 3. The molecule has 0 saturated heterocycles. The number of amides is 2. The number of nitrogens with zero attached hydrogens (tertiary/aromatic N) is 4. The minimum Gasteiger partial charge on any atom is -0.480 e. The maximum Gasteiger partial charge on any atom is 0.325 e. The van der Waals surface area contributed by atoms with Crippen molar-refractivity contribution in [3.8, 4) is 0 Å². The molecule has 1 heterocycles. The zero-order valence-electron chi connectivity index (χ0n) is 10.8. The second-order valence-electron chi connectivity index (χ2n) is 3.88. The normalized spacial score (nSPS) is 9.90. The Morgan fingerprint density at radius 1 is 1.05 bits per heavy atom.